The third-order valence-electron chi connectivity index (χ3n) is 9.30. The molecule has 1 heteroatoms. The molecule has 34 heavy (non-hydrogen) atoms. The number of aryl methyl sites for hydroxylation is 1. The Morgan fingerprint density at radius 2 is 1.35 bits per heavy atom. The first-order valence-electron chi connectivity index (χ1n) is 15.2. The second-order valence-electron chi connectivity index (χ2n) is 11.9. The zero-order chi connectivity index (χ0) is 24.0. The van der Waals surface area contributed by atoms with Crippen molar-refractivity contribution in [1.82, 2.24) is 0 Å². The van der Waals surface area contributed by atoms with Gasteiger partial charge in [0.05, 0.1) is 6.07 Å². The average molecular weight is 464 g/mol. The summed E-state index contributed by atoms with van der Waals surface area (Å²) in [5, 5.41) is 9.97. The van der Waals surface area contributed by atoms with Crippen molar-refractivity contribution in [2.45, 2.75) is 142 Å². The summed E-state index contributed by atoms with van der Waals surface area (Å²) >= 11 is 0. The van der Waals surface area contributed by atoms with Gasteiger partial charge in [0.1, 0.15) is 0 Å². The van der Waals surface area contributed by atoms with Crippen molar-refractivity contribution in [3.8, 4) is 6.07 Å². The van der Waals surface area contributed by atoms with E-state index in [1.54, 1.807) is 5.56 Å². The molecule has 0 aliphatic heterocycles. The molecule has 2 aliphatic carbocycles. The summed E-state index contributed by atoms with van der Waals surface area (Å²) in [6, 6.07) is 12.4. The molecule has 1 unspecified atom stereocenters. The van der Waals surface area contributed by atoms with Gasteiger partial charge >= 0.3 is 0 Å². The molecule has 3 rings (SSSR count). The Labute approximate surface area is 212 Å². The molecule has 0 N–H and O–H groups in total. The molecule has 2 saturated carbocycles. The number of nitrogens with zero attached hydrogens (tertiary/aromatic N) is 1. The molecule has 0 bridgehead atoms. The van der Waals surface area contributed by atoms with Crippen molar-refractivity contribution in [3.63, 3.8) is 0 Å². The molecule has 190 valence electrons. The predicted molar refractivity (Wildman–Crippen MR) is 147 cm³/mol. The lowest BCUT2D eigenvalue weighted by Gasteiger charge is -2.34. The van der Waals surface area contributed by atoms with Crippen LogP contribution in [0.4, 0.5) is 0 Å². The zero-order valence-corrected chi connectivity index (χ0v) is 22.6. The Bertz CT molecular complexity index is 682. The maximum absolute atomic E-state index is 9.97. The molecule has 2 aliphatic rings. The predicted octanol–water partition coefficient (Wildman–Crippen LogP) is 10.4. The molecule has 0 amide bonds. The van der Waals surface area contributed by atoms with Gasteiger partial charge in [0.2, 0.25) is 0 Å². The van der Waals surface area contributed by atoms with Crippen LogP contribution in [0.25, 0.3) is 0 Å². The minimum atomic E-state index is 0.304. The third-order valence-corrected chi connectivity index (χ3v) is 9.30. The number of unbranched alkanes of at least 4 members (excludes halogenated alkanes) is 6. The molecule has 0 saturated heterocycles. The topological polar surface area (TPSA) is 23.8 Å². The Balaban J connectivity index is 1.36. The van der Waals surface area contributed by atoms with Crippen molar-refractivity contribution in [3.05, 3.63) is 35.4 Å². The van der Waals surface area contributed by atoms with Crippen LogP contribution >= 0.6 is 0 Å². The van der Waals surface area contributed by atoms with E-state index in [0.717, 1.165) is 11.8 Å². The molecule has 1 nitrogen and oxygen atoms in total. The molecule has 1 atom stereocenters. The van der Waals surface area contributed by atoms with Crippen LogP contribution < -0.4 is 0 Å². The zero-order valence-electron chi connectivity index (χ0n) is 22.6. The van der Waals surface area contributed by atoms with E-state index in [2.05, 4.69) is 44.2 Å². The number of benzene rings is 1. The summed E-state index contributed by atoms with van der Waals surface area (Å²) < 4.78 is 0. The second kappa shape index (κ2) is 15.7. The standard InChI is InChI=1S/C33H53N/c1-3-5-7-8-9-10-12-28-17-19-30(20-18-28)31-21-23-32(24-22-31)33(26-34)25-29-15-13-27(14-16-29)11-6-4-2/h17-20,27,29,31-33H,3-16,21-25H2,1-2H3/t27-,29-,31-,32-,33?. The minimum Gasteiger partial charge on any atom is -0.198 e. The first-order valence-corrected chi connectivity index (χ1v) is 15.2. The van der Waals surface area contributed by atoms with E-state index in [4.69, 9.17) is 0 Å². The van der Waals surface area contributed by atoms with Crippen LogP contribution in [0.5, 0.6) is 0 Å². The van der Waals surface area contributed by atoms with Crippen molar-refractivity contribution >= 4 is 0 Å². The fourth-order valence-electron chi connectivity index (χ4n) is 6.88. The van der Waals surface area contributed by atoms with Gasteiger partial charge in [-0.1, -0.05) is 115 Å². The van der Waals surface area contributed by atoms with Crippen LogP contribution in [0.1, 0.15) is 146 Å². The average Bonchev–Trinajstić information content (AvgIpc) is 2.89. The lowest BCUT2D eigenvalue weighted by Crippen LogP contribution is -2.24. The second-order valence-corrected chi connectivity index (χ2v) is 11.9. The lowest BCUT2D eigenvalue weighted by atomic mass is 9.70. The maximum atomic E-state index is 9.97. The molecule has 1 aromatic rings. The number of hydrogen-bond acceptors (Lipinski definition) is 1. The molecular weight excluding hydrogens is 410 g/mol. The molecule has 2 fully saturated rings. The van der Waals surface area contributed by atoms with Gasteiger partial charge in [-0.15, -0.1) is 0 Å². The summed E-state index contributed by atoms with van der Waals surface area (Å²) in [4.78, 5) is 0. The number of hydrogen-bond donors (Lipinski definition) is 0. The van der Waals surface area contributed by atoms with Crippen LogP contribution in [-0.2, 0) is 6.42 Å². The SMILES string of the molecule is CCCCCCCCc1ccc([C@H]2CC[C@H](C(C#N)C[C@H]3CC[C@H](CCCC)CC3)CC2)cc1. The van der Waals surface area contributed by atoms with Crippen molar-refractivity contribution in [1.29, 1.82) is 5.26 Å². The van der Waals surface area contributed by atoms with Crippen LogP contribution in [0.3, 0.4) is 0 Å². The number of nitriles is 1. The summed E-state index contributed by atoms with van der Waals surface area (Å²) in [6.45, 7) is 4.60. The van der Waals surface area contributed by atoms with E-state index in [9.17, 15) is 5.26 Å². The normalized spacial score (nSPS) is 26.1. The molecule has 0 heterocycles. The largest absolute Gasteiger partial charge is 0.198 e. The Morgan fingerprint density at radius 3 is 2.00 bits per heavy atom. The Kier molecular flexibility index (Phi) is 12.6. The summed E-state index contributed by atoms with van der Waals surface area (Å²) in [5.74, 6) is 3.46. The highest BCUT2D eigenvalue weighted by Gasteiger charge is 2.31. The quantitative estimate of drug-likeness (QED) is 0.252. The van der Waals surface area contributed by atoms with Gasteiger partial charge in [-0.05, 0) is 79.7 Å². The van der Waals surface area contributed by atoms with Crippen molar-refractivity contribution in [2.75, 3.05) is 0 Å². The van der Waals surface area contributed by atoms with Gasteiger partial charge in [0, 0.05) is 5.92 Å². The van der Waals surface area contributed by atoms with E-state index in [0.29, 0.717) is 17.8 Å². The summed E-state index contributed by atoms with van der Waals surface area (Å²) in [6.07, 6.45) is 25.5. The summed E-state index contributed by atoms with van der Waals surface area (Å²) in [7, 11) is 0. The molecule has 0 spiro atoms. The third kappa shape index (κ3) is 9.06. The molecular formula is C33H53N. The van der Waals surface area contributed by atoms with E-state index >= 15 is 0 Å². The highest BCUT2D eigenvalue weighted by atomic mass is 14.4. The van der Waals surface area contributed by atoms with Gasteiger partial charge < -0.3 is 0 Å². The van der Waals surface area contributed by atoms with Gasteiger partial charge in [-0.2, -0.15) is 5.26 Å². The smallest absolute Gasteiger partial charge is 0.0658 e. The first-order chi connectivity index (χ1) is 16.7. The monoisotopic (exact) mass is 463 g/mol. The Morgan fingerprint density at radius 1 is 0.735 bits per heavy atom. The van der Waals surface area contributed by atoms with E-state index in [1.807, 2.05) is 0 Å². The Hall–Kier alpha value is -1.29. The number of rotatable bonds is 14. The highest BCUT2D eigenvalue weighted by Crippen LogP contribution is 2.42. The fourth-order valence-corrected chi connectivity index (χ4v) is 6.88. The molecule has 0 radical (unpaired) electrons. The van der Waals surface area contributed by atoms with Crippen LogP contribution in [0.15, 0.2) is 24.3 Å². The van der Waals surface area contributed by atoms with Gasteiger partial charge in [-0.3, -0.25) is 0 Å². The maximum Gasteiger partial charge on any atom is 0.0658 e. The van der Waals surface area contributed by atoms with Gasteiger partial charge in [-0.25, -0.2) is 0 Å². The van der Waals surface area contributed by atoms with Gasteiger partial charge in [0.25, 0.3) is 0 Å². The lowest BCUT2D eigenvalue weighted by molar-refractivity contribution is 0.193. The van der Waals surface area contributed by atoms with Crippen LogP contribution in [0, 0.1) is 35.0 Å². The van der Waals surface area contributed by atoms with Crippen LogP contribution in [-0.4, -0.2) is 0 Å². The van der Waals surface area contributed by atoms with Crippen LogP contribution in [0.2, 0.25) is 0 Å². The van der Waals surface area contributed by atoms with E-state index < -0.39 is 0 Å². The summed E-state index contributed by atoms with van der Waals surface area (Å²) in [5.41, 5.74) is 3.06. The van der Waals surface area contributed by atoms with Gasteiger partial charge in [0.15, 0.2) is 0 Å². The van der Waals surface area contributed by atoms with E-state index in [1.165, 1.54) is 128 Å². The van der Waals surface area contributed by atoms with Crippen molar-refractivity contribution in [2.24, 2.45) is 23.7 Å². The minimum absolute atomic E-state index is 0.304. The highest BCUT2D eigenvalue weighted by molar-refractivity contribution is 5.26. The van der Waals surface area contributed by atoms with E-state index in [-0.39, 0.29) is 0 Å². The molecule has 0 aromatic heterocycles. The fraction of sp³-hybridized carbons (Fsp3) is 0.788. The van der Waals surface area contributed by atoms with Crippen molar-refractivity contribution < 1.29 is 0 Å². The first kappa shape index (κ1) is 27.3. The molecule has 1 aromatic carbocycles.